The molecule has 26 heavy (non-hydrogen) atoms. The van der Waals surface area contributed by atoms with Gasteiger partial charge in [-0.2, -0.15) is 10.2 Å². The van der Waals surface area contributed by atoms with Crippen molar-refractivity contribution in [1.82, 2.24) is 15.1 Å². The molecule has 4 rings (SSSR count). The quantitative estimate of drug-likeness (QED) is 0.693. The molecule has 1 aliphatic rings. The van der Waals surface area contributed by atoms with Crippen LogP contribution >= 0.6 is 0 Å². The van der Waals surface area contributed by atoms with Gasteiger partial charge in [-0.1, -0.05) is 30.1 Å². The summed E-state index contributed by atoms with van der Waals surface area (Å²) < 4.78 is 11.4. The van der Waals surface area contributed by atoms with Gasteiger partial charge >= 0.3 is 0 Å². The van der Waals surface area contributed by atoms with Crippen LogP contribution in [-0.2, 0) is 12.0 Å². The summed E-state index contributed by atoms with van der Waals surface area (Å²) in [4.78, 5) is 8.54. The van der Waals surface area contributed by atoms with Crippen LogP contribution < -0.4 is 4.74 Å². The van der Waals surface area contributed by atoms with Crippen LogP contribution in [0.1, 0.15) is 37.1 Å². The monoisotopic (exact) mass is 346 g/mol. The van der Waals surface area contributed by atoms with Crippen molar-refractivity contribution in [2.75, 3.05) is 0 Å². The summed E-state index contributed by atoms with van der Waals surface area (Å²) in [6.45, 7) is 0.423. The van der Waals surface area contributed by atoms with Crippen molar-refractivity contribution in [2.45, 2.75) is 37.7 Å². The predicted octanol–water partition coefficient (Wildman–Crippen LogP) is 4.05. The number of nitrogens with zero attached hydrogens (tertiary/aromatic N) is 4. The van der Waals surface area contributed by atoms with Gasteiger partial charge in [-0.15, -0.1) is 0 Å². The maximum absolute atomic E-state index is 9.61. The molecule has 0 spiro atoms. The molecule has 130 valence electrons. The number of hydrogen-bond donors (Lipinski definition) is 0. The predicted molar refractivity (Wildman–Crippen MR) is 94.1 cm³/mol. The maximum Gasteiger partial charge on any atom is 0.247 e. The molecule has 1 saturated carbocycles. The lowest BCUT2D eigenvalue weighted by Gasteiger charge is -2.13. The zero-order valence-corrected chi connectivity index (χ0v) is 14.3. The van der Waals surface area contributed by atoms with Crippen LogP contribution in [0.2, 0.25) is 0 Å². The molecule has 1 fully saturated rings. The molecule has 6 heteroatoms. The Morgan fingerprint density at radius 2 is 1.88 bits per heavy atom. The van der Waals surface area contributed by atoms with Gasteiger partial charge in [0.15, 0.2) is 0 Å². The van der Waals surface area contributed by atoms with Crippen LogP contribution in [0.25, 0.3) is 11.4 Å². The maximum atomic E-state index is 9.61. The van der Waals surface area contributed by atoms with E-state index in [2.05, 4.69) is 21.2 Å². The molecule has 0 saturated heterocycles. The van der Waals surface area contributed by atoms with Gasteiger partial charge in [-0.05, 0) is 42.7 Å². The van der Waals surface area contributed by atoms with Crippen molar-refractivity contribution in [3.63, 3.8) is 0 Å². The van der Waals surface area contributed by atoms with Gasteiger partial charge in [0.25, 0.3) is 0 Å². The molecule has 0 unspecified atom stereocenters. The molecular weight excluding hydrogens is 328 g/mol. The number of para-hydroxylation sites is 1. The second-order valence-electron chi connectivity index (χ2n) is 6.46. The van der Waals surface area contributed by atoms with Crippen LogP contribution in [0.3, 0.4) is 0 Å². The minimum absolute atomic E-state index is 0.413. The van der Waals surface area contributed by atoms with E-state index >= 15 is 0 Å². The van der Waals surface area contributed by atoms with Gasteiger partial charge < -0.3 is 9.26 Å². The van der Waals surface area contributed by atoms with Gasteiger partial charge in [-0.3, -0.25) is 4.98 Å². The Balaban J connectivity index is 1.60. The van der Waals surface area contributed by atoms with E-state index in [1.165, 1.54) is 0 Å². The minimum atomic E-state index is -0.641. The SMILES string of the molecule is N#CC1(c2nc(-c3ccccc3OCc3ccncc3)no2)CCCC1. The first-order valence-electron chi connectivity index (χ1n) is 8.67. The van der Waals surface area contributed by atoms with Crippen molar-refractivity contribution < 1.29 is 9.26 Å². The van der Waals surface area contributed by atoms with Gasteiger partial charge in [-0.25, -0.2) is 0 Å². The third kappa shape index (κ3) is 3.04. The van der Waals surface area contributed by atoms with Gasteiger partial charge in [0.2, 0.25) is 11.7 Å². The average Bonchev–Trinajstić information content (AvgIpc) is 3.38. The molecule has 1 aromatic carbocycles. The van der Waals surface area contributed by atoms with Gasteiger partial charge in [0.1, 0.15) is 17.8 Å². The number of nitriles is 1. The number of ether oxygens (including phenoxy) is 1. The number of pyridine rings is 1. The number of rotatable bonds is 5. The van der Waals surface area contributed by atoms with E-state index < -0.39 is 5.41 Å². The summed E-state index contributed by atoms with van der Waals surface area (Å²) in [5, 5.41) is 13.7. The highest BCUT2D eigenvalue weighted by Crippen LogP contribution is 2.40. The normalized spacial score (nSPS) is 15.5. The fraction of sp³-hybridized carbons (Fsp3) is 0.300. The van der Waals surface area contributed by atoms with Crippen LogP contribution in [-0.4, -0.2) is 15.1 Å². The Labute approximate surface area is 151 Å². The largest absolute Gasteiger partial charge is 0.488 e. The lowest BCUT2D eigenvalue weighted by atomic mass is 9.88. The second-order valence-corrected chi connectivity index (χ2v) is 6.46. The van der Waals surface area contributed by atoms with E-state index in [1.54, 1.807) is 12.4 Å². The fourth-order valence-corrected chi connectivity index (χ4v) is 3.30. The summed E-state index contributed by atoms with van der Waals surface area (Å²) >= 11 is 0. The summed E-state index contributed by atoms with van der Waals surface area (Å²) in [7, 11) is 0. The number of aromatic nitrogens is 3. The number of hydrogen-bond acceptors (Lipinski definition) is 6. The molecule has 0 amide bonds. The summed E-state index contributed by atoms with van der Waals surface area (Å²) in [6.07, 6.45) is 7.03. The zero-order chi connectivity index (χ0) is 17.8. The van der Waals surface area contributed by atoms with Gasteiger partial charge in [0.05, 0.1) is 11.6 Å². The van der Waals surface area contributed by atoms with Crippen molar-refractivity contribution >= 4 is 0 Å². The highest BCUT2D eigenvalue weighted by Gasteiger charge is 2.41. The smallest absolute Gasteiger partial charge is 0.247 e. The third-order valence-electron chi connectivity index (χ3n) is 4.78. The van der Waals surface area contributed by atoms with Crippen LogP contribution in [0.5, 0.6) is 5.75 Å². The van der Waals surface area contributed by atoms with E-state index in [9.17, 15) is 5.26 Å². The molecule has 6 nitrogen and oxygen atoms in total. The van der Waals surface area contributed by atoms with E-state index in [-0.39, 0.29) is 0 Å². The molecule has 1 aliphatic carbocycles. The van der Waals surface area contributed by atoms with E-state index in [0.29, 0.717) is 24.1 Å². The Hall–Kier alpha value is -3.20. The molecule has 0 aliphatic heterocycles. The van der Waals surface area contributed by atoms with Crippen molar-refractivity contribution in [2.24, 2.45) is 0 Å². The molecule has 2 heterocycles. The van der Waals surface area contributed by atoms with Crippen LogP contribution in [0.15, 0.2) is 53.3 Å². The molecule has 2 aromatic heterocycles. The fourth-order valence-electron chi connectivity index (χ4n) is 3.30. The van der Waals surface area contributed by atoms with Crippen molar-refractivity contribution in [3.8, 4) is 23.2 Å². The minimum Gasteiger partial charge on any atom is -0.488 e. The molecule has 0 N–H and O–H groups in total. The molecule has 0 bridgehead atoms. The molecule has 3 aromatic rings. The zero-order valence-electron chi connectivity index (χ0n) is 14.3. The Kier molecular flexibility index (Phi) is 4.36. The molecule has 0 atom stereocenters. The van der Waals surface area contributed by atoms with E-state index in [0.717, 1.165) is 36.8 Å². The standard InChI is InChI=1S/C20H18N4O2/c21-14-20(9-3-4-10-20)19-23-18(24-26-19)16-5-1-2-6-17(16)25-13-15-7-11-22-12-8-15/h1-2,5-8,11-12H,3-4,9-10,13H2. The number of benzene rings is 1. The summed E-state index contributed by atoms with van der Waals surface area (Å²) in [5.41, 5.74) is 1.14. The Bertz CT molecular complexity index is 924. The first-order valence-corrected chi connectivity index (χ1v) is 8.67. The van der Waals surface area contributed by atoms with Crippen LogP contribution in [0.4, 0.5) is 0 Å². The highest BCUT2D eigenvalue weighted by atomic mass is 16.5. The summed E-state index contributed by atoms with van der Waals surface area (Å²) in [6, 6.07) is 13.8. The Morgan fingerprint density at radius 3 is 2.65 bits per heavy atom. The lowest BCUT2D eigenvalue weighted by Crippen LogP contribution is -2.19. The van der Waals surface area contributed by atoms with E-state index in [4.69, 9.17) is 9.26 Å². The third-order valence-corrected chi connectivity index (χ3v) is 4.78. The Morgan fingerprint density at radius 1 is 1.12 bits per heavy atom. The van der Waals surface area contributed by atoms with Gasteiger partial charge in [0, 0.05) is 12.4 Å². The first-order chi connectivity index (χ1) is 12.8. The lowest BCUT2D eigenvalue weighted by molar-refractivity contribution is 0.306. The topological polar surface area (TPSA) is 84.8 Å². The van der Waals surface area contributed by atoms with Crippen molar-refractivity contribution in [3.05, 3.63) is 60.2 Å². The summed E-state index contributed by atoms with van der Waals surface area (Å²) in [5.74, 6) is 1.54. The second kappa shape index (κ2) is 6.96. The van der Waals surface area contributed by atoms with E-state index in [1.807, 2.05) is 36.4 Å². The van der Waals surface area contributed by atoms with Crippen molar-refractivity contribution in [1.29, 1.82) is 5.26 Å². The first kappa shape index (κ1) is 16.3. The average molecular weight is 346 g/mol. The highest BCUT2D eigenvalue weighted by molar-refractivity contribution is 5.63. The van der Waals surface area contributed by atoms with Crippen LogP contribution in [0, 0.1) is 11.3 Å². The molecular formula is C20H18N4O2. The molecule has 0 radical (unpaired) electrons.